The van der Waals surface area contributed by atoms with Gasteiger partial charge in [-0.15, -0.1) is 0 Å². The minimum Gasteiger partial charge on any atom is -0.385 e. The highest BCUT2D eigenvalue weighted by atomic mass is 32.2. The van der Waals surface area contributed by atoms with E-state index in [1.807, 2.05) is 6.92 Å². The number of hydrogen-bond donors (Lipinski definition) is 3. The zero-order chi connectivity index (χ0) is 17.5. The van der Waals surface area contributed by atoms with Gasteiger partial charge in [-0.3, -0.25) is 0 Å². The summed E-state index contributed by atoms with van der Waals surface area (Å²) in [5.41, 5.74) is -1.29. The molecule has 0 aromatic heterocycles. The molecule has 1 aliphatic heterocycles. The van der Waals surface area contributed by atoms with E-state index in [-0.39, 0.29) is 24.3 Å². The Bertz CT molecular complexity index is 656. The summed E-state index contributed by atoms with van der Waals surface area (Å²) in [5.74, 6) is -2.74. The van der Waals surface area contributed by atoms with Gasteiger partial charge in [0.1, 0.15) is 7.85 Å². The van der Waals surface area contributed by atoms with Crippen molar-refractivity contribution in [2.24, 2.45) is 0 Å². The third-order valence-electron chi connectivity index (χ3n) is 4.17. The van der Waals surface area contributed by atoms with Crippen LogP contribution in [0, 0.1) is 0 Å². The molecule has 2 rings (SSSR count). The standard InChI is InChI=1S/C15H22BNO5S/c1-3-7-17-14(16,18)9-12(10-15(17,19)20)11-5-4-6-13(8-11)23(2,21)22/h4-6,8,12,18-20H,3,7,9-10H2,1-2H3. The first-order valence-electron chi connectivity index (χ1n) is 7.51. The van der Waals surface area contributed by atoms with Gasteiger partial charge >= 0.3 is 0 Å². The predicted octanol–water partition coefficient (Wildman–Crippen LogP) is 0.132. The van der Waals surface area contributed by atoms with Gasteiger partial charge in [0.25, 0.3) is 0 Å². The highest BCUT2D eigenvalue weighted by Gasteiger charge is 2.49. The van der Waals surface area contributed by atoms with Crippen molar-refractivity contribution < 1.29 is 23.7 Å². The van der Waals surface area contributed by atoms with Crippen molar-refractivity contribution >= 4 is 17.7 Å². The Hall–Kier alpha value is -0.925. The van der Waals surface area contributed by atoms with Crippen LogP contribution in [0.15, 0.2) is 29.2 Å². The molecular weight excluding hydrogens is 317 g/mol. The van der Waals surface area contributed by atoms with Crippen LogP contribution in [0.3, 0.4) is 0 Å². The van der Waals surface area contributed by atoms with Gasteiger partial charge in [0, 0.05) is 19.2 Å². The first-order chi connectivity index (χ1) is 10.5. The van der Waals surface area contributed by atoms with Crippen LogP contribution in [0.4, 0.5) is 0 Å². The molecule has 23 heavy (non-hydrogen) atoms. The summed E-state index contributed by atoms with van der Waals surface area (Å²) < 4.78 is 23.4. The summed E-state index contributed by atoms with van der Waals surface area (Å²) in [6.07, 6.45) is 1.71. The van der Waals surface area contributed by atoms with E-state index in [2.05, 4.69) is 0 Å². The van der Waals surface area contributed by atoms with Crippen LogP contribution in [0.5, 0.6) is 0 Å². The van der Waals surface area contributed by atoms with Crippen molar-refractivity contribution in [3.8, 4) is 0 Å². The zero-order valence-corrected chi connectivity index (χ0v) is 14.1. The second kappa shape index (κ2) is 6.18. The second-order valence-electron chi connectivity index (χ2n) is 6.25. The minimum absolute atomic E-state index is 0.0697. The second-order valence-corrected chi connectivity index (χ2v) is 8.27. The average Bonchev–Trinajstić information content (AvgIpc) is 2.41. The Morgan fingerprint density at radius 3 is 2.48 bits per heavy atom. The zero-order valence-electron chi connectivity index (χ0n) is 13.3. The van der Waals surface area contributed by atoms with E-state index in [0.29, 0.717) is 12.0 Å². The number of rotatable bonds is 4. The van der Waals surface area contributed by atoms with Crippen molar-refractivity contribution in [3.05, 3.63) is 29.8 Å². The summed E-state index contributed by atoms with van der Waals surface area (Å²) in [6.45, 7) is 2.07. The Kier molecular flexibility index (Phi) is 4.95. The maximum Gasteiger partial charge on any atom is 0.227 e. The van der Waals surface area contributed by atoms with E-state index < -0.39 is 27.3 Å². The summed E-state index contributed by atoms with van der Waals surface area (Å²) in [5, 5.41) is 31.0. The molecule has 1 heterocycles. The maximum atomic E-state index is 11.7. The van der Waals surface area contributed by atoms with Crippen LogP contribution in [-0.2, 0) is 9.84 Å². The van der Waals surface area contributed by atoms with Crippen molar-refractivity contribution in [2.45, 2.75) is 48.5 Å². The molecule has 0 saturated carbocycles. The van der Waals surface area contributed by atoms with Gasteiger partial charge in [0.2, 0.25) is 5.91 Å². The van der Waals surface area contributed by atoms with Crippen molar-refractivity contribution in [1.82, 2.24) is 4.90 Å². The molecule has 1 aromatic carbocycles. The Morgan fingerprint density at radius 2 is 1.96 bits per heavy atom. The molecule has 2 unspecified atom stereocenters. The van der Waals surface area contributed by atoms with Crippen LogP contribution in [-0.4, -0.2) is 60.8 Å². The summed E-state index contributed by atoms with van der Waals surface area (Å²) in [6, 6.07) is 6.25. The number of likely N-dealkylation sites (tertiary alicyclic amines) is 1. The lowest BCUT2D eigenvalue weighted by molar-refractivity contribution is -0.331. The highest BCUT2D eigenvalue weighted by molar-refractivity contribution is 7.90. The van der Waals surface area contributed by atoms with E-state index in [0.717, 1.165) is 11.2 Å². The van der Waals surface area contributed by atoms with E-state index in [4.69, 9.17) is 7.85 Å². The number of aliphatic hydroxyl groups is 3. The normalized spacial score (nSPS) is 28.7. The molecule has 126 valence electrons. The Labute approximate surface area is 138 Å². The number of hydrogen-bond acceptors (Lipinski definition) is 6. The van der Waals surface area contributed by atoms with Crippen LogP contribution in [0.2, 0.25) is 0 Å². The molecule has 1 fully saturated rings. The first-order valence-corrected chi connectivity index (χ1v) is 9.40. The molecule has 1 aliphatic rings. The monoisotopic (exact) mass is 339 g/mol. The molecule has 1 saturated heterocycles. The van der Waals surface area contributed by atoms with E-state index >= 15 is 0 Å². The van der Waals surface area contributed by atoms with Crippen LogP contribution >= 0.6 is 0 Å². The SMILES string of the molecule is [B]C1(O)CC(c2cccc(S(C)(=O)=O)c2)CC(O)(O)N1CCC. The lowest BCUT2D eigenvalue weighted by Gasteiger charge is -2.51. The highest BCUT2D eigenvalue weighted by Crippen LogP contribution is 2.42. The molecule has 0 aliphatic carbocycles. The lowest BCUT2D eigenvalue weighted by atomic mass is 9.72. The van der Waals surface area contributed by atoms with Crippen molar-refractivity contribution in [3.63, 3.8) is 0 Å². The van der Waals surface area contributed by atoms with Crippen molar-refractivity contribution in [1.29, 1.82) is 0 Å². The van der Waals surface area contributed by atoms with E-state index in [1.54, 1.807) is 12.1 Å². The van der Waals surface area contributed by atoms with Crippen LogP contribution in [0.1, 0.15) is 37.7 Å². The van der Waals surface area contributed by atoms with Gasteiger partial charge < -0.3 is 15.3 Å². The maximum absolute atomic E-state index is 11.7. The summed E-state index contributed by atoms with van der Waals surface area (Å²) in [7, 11) is 2.51. The third kappa shape index (κ3) is 3.95. The van der Waals surface area contributed by atoms with Gasteiger partial charge in [-0.1, -0.05) is 19.1 Å². The molecule has 2 radical (unpaired) electrons. The van der Waals surface area contributed by atoms with Gasteiger partial charge in [0.05, 0.1) is 10.5 Å². The van der Waals surface area contributed by atoms with Gasteiger partial charge in [-0.2, -0.15) is 0 Å². The number of piperidine rings is 1. The summed E-state index contributed by atoms with van der Waals surface area (Å²) in [4.78, 5) is 1.21. The van der Waals surface area contributed by atoms with E-state index in [1.165, 1.54) is 12.1 Å². The van der Waals surface area contributed by atoms with E-state index in [9.17, 15) is 23.7 Å². The molecule has 2 atom stereocenters. The molecule has 0 spiro atoms. The molecule has 0 amide bonds. The van der Waals surface area contributed by atoms with Gasteiger partial charge in [0.15, 0.2) is 9.84 Å². The number of nitrogens with zero attached hydrogens (tertiary/aromatic N) is 1. The fraction of sp³-hybridized carbons (Fsp3) is 0.600. The largest absolute Gasteiger partial charge is 0.385 e. The molecule has 8 heteroatoms. The van der Waals surface area contributed by atoms with Crippen LogP contribution < -0.4 is 0 Å². The van der Waals surface area contributed by atoms with Crippen LogP contribution in [0.25, 0.3) is 0 Å². The van der Waals surface area contributed by atoms with Crippen molar-refractivity contribution in [2.75, 3.05) is 12.8 Å². The smallest absolute Gasteiger partial charge is 0.227 e. The fourth-order valence-corrected chi connectivity index (χ4v) is 3.80. The predicted molar refractivity (Wildman–Crippen MR) is 86.4 cm³/mol. The Morgan fingerprint density at radius 1 is 1.30 bits per heavy atom. The molecular formula is C15H22BNO5S. The number of sulfone groups is 1. The molecule has 1 aromatic rings. The quantitative estimate of drug-likeness (QED) is 0.533. The van der Waals surface area contributed by atoms with Gasteiger partial charge in [-0.05, 0) is 36.5 Å². The topological polar surface area (TPSA) is 98.1 Å². The summed E-state index contributed by atoms with van der Waals surface area (Å²) >= 11 is 0. The average molecular weight is 339 g/mol. The third-order valence-corrected chi connectivity index (χ3v) is 5.28. The Balaban J connectivity index is 2.36. The minimum atomic E-state index is -3.37. The lowest BCUT2D eigenvalue weighted by Crippen LogP contribution is -2.65. The molecule has 3 N–H and O–H groups in total. The first kappa shape index (κ1) is 18.4. The number of benzene rings is 1. The molecule has 0 bridgehead atoms. The van der Waals surface area contributed by atoms with Gasteiger partial charge in [-0.25, -0.2) is 13.3 Å². The fourth-order valence-electron chi connectivity index (χ4n) is 3.13. The molecule has 6 nitrogen and oxygen atoms in total.